The Bertz CT molecular complexity index is 617. The predicted molar refractivity (Wildman–Crippen MR) is 102 cm³/mol. The Kier molecular flexibility index (Phi) is 7.18. The van der Waals surface area contributed by atoms with Gasteiger partial charge in [-0.3, -0.25) is 19.5 Å². The standard InChI is InChI=1S/C20H30N4O3/c1-27-14-10-22-19(25)16-5-4-11-24(15-16)17-7-12-23(13-8-17)20(26)18-6-2-3-9-21-18/h2-3,6,9,16-17H,4-5,7-8,10-15H2,1H3,(H,22,25). The van der Waals surface area contributed by atoms with E-state index < -0.39 is 0 Å². The molecule has 3 rings (SSSR count). The summed E-state index contributed by atoms with van der Waals surface area (Å²) in [5.74, 6) is 0.214. The van der Waals surface area contributed by atoms with E-state index >= 15 is 0 Å². The van der Waals surface area contributed by atoms with Gasteiger partial charge in [-0.05, 0) is 44.4 Å². The number of methoxy groups -OCH3 is 1. The Hall–Kier alpha value is -1.99. The molecule has 2 fully saturated rings. The highest BCUT2D eigenvalue weighted by Crippen LogP contribution is 2.24. The Morgan fingerprint density at radius 3 is 2.74 bits per heavy atom. The van der Waals surface area contributed by atoms with Crippen LogP contribution in [0.3, 0.4) is 0 Å². The third-order valence-corrected chi connectivity index (χ3v) is 5.58. The Morgan fingerprint density at radius 2 is 2.04 bits per heavy atom. The molecule has 1 atom stereocenters. The fraction of sp³-hybridized carbons (Fsp3) is 0.650. The SMILES string of the molecule is COCCNC(=O)C1CCCN(C2CCN(C(=O)c3ccccn3)CC2)C1. The molecule has 7 heteroatoms. The zero-order valence-corrected chi connectivity index (χ0v) is 16.1. The lowest BCUT2D eigenvalue weighted by atomic mass is 9.93. The number of rotatable bonds is 6. The Labute approximate surface area is 161 Å². The van der Waals surface area contributed by atoms with E-state index in [0.717, 1.165) is 51.9 Å². The molecule has 0 saturated carbocycles. The average molecular weight is 374 g/mol. The van der Waals surface area contributed by atoms with Crippen LogP contribution in [-0.4, -0.2) is 79.1 Å². The minimum atomic E-state index is 0.0168. The monoisotopic (exact) mass is 374 g/mol. The van der Waals surface area contributed by atoms with Gasteiger partial charge < -0.3 is 15.0 Å². The maximum atomic E-state index is 12.5. The van der Waals surface area contributed by atoms with Gasteiger partial charge in [-0.25, -0.2) is 0 Å². The van der Waals surface area contributed by atoms with Crippen molar-refractivity contribution in [1.82, 2.24) is 20.1 Å². The lowest BCUT2D eigenvalue weighted by molar-refractivity contribution is -0.127. The molecule has 2 aliphatic heterocycles. The maximum absolute atomic E-state index is 12.5. The van der Waals surface area contributed by atoms with Crippen LogP contribution in [0.25, 0.3) is 0 Å². The zero-order chi connectivity index (χ0) is 19.1. The summed E-state index contributed by atoms with van der Waals surface area (Å²) in [5, 5.41) is 2.97. The number of hydrogen-bond acceptors (Lipinski definition) is 5. The second kappa shape index (κ2) is 9.80. The van der Waals surface area contributed by atoms with Gasteiger partial charge in [0.05, 0.1) is 12.5 Å². The summed E-state index contributed by atoms with van der Waals surface area (Å²) in [6.45, 7) is 4.48. The van der Waals surface area contributed by atoms with Crippen LogP contribution >= 0.6 is 0 Å². The van der Waals surface area contributed by atoms with Crippen LogP contribution in [0.4, 0.5) is 0 Å². The first-order valence-corrected chi connectivity index (χ1v) is 9.90. The number of nitrogens with zero attached hydrogens (tertiary/aromatic N) is 3. The normalized spacial score (nSPS) is 21.8. The first-order chi connectivity index (χ1) is 13.2. The fourth-order valence-corrected chi connectivity index (χ4v) is 4.06. The van der Waals surface area contributed by atoms with Crippen molar-refractivity contribution in [2.75, 3.05) is 46.4 Å². The molecule has 7 nitrogen and oxygen atoms in total. The summed E-state index contributed by atoms with van der Waals surface area (Å²) in [6, 6.07) is 5.89. The predicted octanol–water partition coefficient (Wildman–Crippen LogP) is 1.16. The summed E-state index contributed by atoms with van der Waals surface area (Å²) >= 11 is 0. The molecule has 0 radical (unpaired) electrons. The van der Waals surface area contributed by atoms with Crippen LogP contribution in [0, 0.1) is 5.92 Å². The molecule has 0 aliphatic carbocycles. The quantitative estimate of drug-likeness (QED) is 0.757. The molecule has 1 unspecified atom stereocenters. The van der Waals surface area contributed by atoms with Crippen LogP contribution in [0.15, 0.2) is 24.4 Å². The average Bonchev–Trinajstić information content (AvgIpc) is 2.74. The van der Waals surface area contributed by atoms with E-state index in [1.165, 1.54) is 0 Å². The molecule has 2 aliphatic rings. The van der Waals surface area contributed by atoms with Gasteiger partial charge >= 0.3 is 0 Å². The number of carbonyl (C=O) groups excluding carboxylic acids is 2. The lowest BCUT2D eigenvalue weighted by Gasteiger charge is -2.42. The van der Waals surface area contributed by atoms with Crippen LogP contribution in [-0.2, 0) is 9.53 Å². The fourth-order valence-electron chi connectivity index (χ4n) is 4.06. The molecule has 0 bridgehead atoms. The van der Waals surface area contributed by atoms with Gasteiger partial charge in [0.25, 0.3) is 5.91 Å². The molecule has 0 aromatic carbocycles. The number of nitrogens with one attached hydrogen (secondary N) is 1. The third-order valence-electron chi connectivity index (χ3n) is 5.58. The number of amides is 2. The molecule has 2 amide bonds. The van der Waals surface area contributed by atoms with Gasteiger partial charge in [0.2, 0.25) is 5.91 Å². The summed E-state index contributed by atoms with van der Waals surface area (Å²) in [6.07, 6.45) is 5.57. The molecule has 148 valence electrons. The summed E-state index contributed by atoms with van der Waals surface area (Å²) in [4.78, 5) is 33.4. The molecular weight excluding hydrogens is 344 g/mol. The highest BCUT2D eigenvalue weighted by molar-refractivity contribution is 5.92. The van der Waals surface area contributed by atoms with Gasteiger partial charge in [0.1, 0.15) is 5.69 Å². The van der Waals surface area contributed by atoms with Crippen molar-refractivity contribution >= 4 is 11.8 Å². The number of aromatic nitrogens is 1. The Balaban J connectivity index is 1.47. The number of likely N-dealkylation sites (tertiary alicyclic amines) is 2. The van der Waals surface area contributed by atoms with Crippen molar-refractivity contribution in [2.24, 2.45) is 5.92 Å². The largest absolute Gasteiger partial charge is 0.383 e. The molecule has 1 aromatic heterocycles. The van der Waals surface area contributed by atoms with Gasteiger partial charge in [-0.15, -0.1) is 0 Å². The minimum Gasteiger partial charge on any atom is -0.383 e. The topological polar surface area (TPSA) is 74.8 Å². The van der Waals surface area contributed by atoms with Crippen molar-refractivity contribution in [3.8, 4) is 0 Å². The highest BCUT2D eigenvalue weighted by atomic mass is 16.5. The van der Waals surface area contributed by atoms with Crippen LogP contribution in [0.1, 0.15) is 36.2 Å². The van der Waals surface area contributed by atoms with Crippen molar-refractivity contribution in [3.05, 3.63) is 30.1 Å². The van der Waals surface area contributed by atoms with E-state index in [1.807, 2.05) is 17.0 Å². The number of piperidine rings is 2. The molecule has 2 saturated heterocycles. The van der Waals surface area contributed by atoms with E-state index in [9.17, 15) is 9.59 Å². The van der Waals surface area contributed by atoms with Crippen LogP contribution in [0.5, 0.6) is 0 Å². The second-order valence-corrected chi connectivity index (χ2v) is 7.36. The van der Waals surface area contributed by atoms with Crippen molar-refractivity contribution in [3.63, 3.8) is 0 Å². The zero-order valence-electron chi connectivity index (χ0n) is 16.1. The van der Waals surface area contributed by atoms with Crippen molar-refractivity contribution in [2.45, 2.75) is 31.7 Å². The third kappa shape index (κ3) is 5.26. The van der Waals surface area contributed by atoms with E-state index in [1.54, 1.807) is 19.4 Å². The minimum absolute atomic E-state index is 0.0168. The van der Waals surface area contributed by atoms with Gasteiger partial charge in [-0.2, -0.15) is 0 Å². The molecule has 0 spiro atoms. The van der Waals surface area contributed by atoms with E-state index in [2.05, 4.69) is 15.2 Å². The van der Waals surface area contributed by atoms with Crippen LogP contribution in [0.2, 0.25) is 0 Å². The molecule has 27 heavy (non-hydrogen) atoms. The number of hydrogen-bond donors (Lipinski definition) is 1. The van der Waals surface area contributed by atoms with E-state index in [-0.39, 0.29) is 17.7 Å². The maximum Gasteiger partial charge on any atom is 0.272 e. The molecular formula is C20H30N4O3. The number of pyridine rings is 1. The molecule has 1 N–H and O–H groups in total. The van der Waals surface area contributed by atoms with Crippen molar-refractivity contribution in [1.29, 1.82) is 0 Å². The van der Waals surface area contributed by atoms with Crippen LogP contribution < -0.4 is 5.32 Å². The lowest BCUT2D eigenvalue weighted by Crippen LogP contribution is -2.51. The summed E-state index contributed by atoms with van der Waals surface area (Å²) < 4.78 is 5.00. The second-order valence-electron chi connectivity index (χ2n) is 7.36. The van der Waals surface area contributed by atoms with E-state index in [0.29, 0.717) is 24.9 Å². The first kappa shape index (κ1) is 19.8. The van der Waals surface area contributed by atoms with Crippen molar-refractivity contribution < 1.29 is 14.3 Å². The summed E-state index contributed by atoms with van der Waals surface area (Å²) in [7, 11) is 1.64. The number of ether oxygens (including phenoxy) is 1. The smallest absolute Gasteiger partial charge is 0.272 e. The van der Waals surface area contributed by atoms with Gasteiger partial charge in [0.15, 0.2) is 0 Å². The van der Waals surface area contributed by atoms with Gasteiger partial charge in [-0.1, -0.05) is 6.07 Å². The number of carbonyl (C=O) groups is 2. The molecule has 1 aromatic rings. The Morgan fingerprint density at radius 1 is 1.22 bits per heavy atom. The van der Waals surface area contributed by atoms with E-state index in [4.69, 9.17) is 4.74 Å². The first-order valence-electron chi connectivity index (χ1n) is 9.90. The highest BCUT2D eigenvalue weighted by Gasteiger charge is 2.32. The summed E-state index contributed by atoms with van der Waals surface area (Å²) in [5.41, 5.74) is 0.515. The molecule has 3 heterocycles. The van der Waals surface area contributed by atoms with Gasteiger partial charge in [0, 0.05) is 45.5 Å².